The number of pyridine rings is 2. The van der Waals surface area contributed by atoms with Crippen molar-refractivity contribution in [3.05, 3.63) is 87.9 Å². The summed E-state index contributed by atoms with van der Waals surface area (Å²) in [6.07, 6.45) is -1.67. The van der Waals surface area contributed by atoms with E-state index in [1.165, 1.54) is 42.6 Å². The number of benzene rings is 1. The number of nitrogen functional groups attached to an aromatic ring is 1. The van der Waals surface area contributed by atoms with Crippen molar-refractivity contribution in [2.24, 2.45) is 0 Å². The van der Waals surface area contributed by atoms with Gasteiger partial charge in [-0.3, -0.25) is 9.78 Å². The zero-order chi connectivity index (χ0) is 26.7. The molecule has 0 atom stereocenters. The summed E-state index contributed by atoms with van der Waals surface area (Å²) in [5.41, 5.74) is 6.31. The molecule has 0 saturated heterocycles. The highest BCUT2D eigenvalue weighted by atomic mass is 19.3. The molecule has 37 heavy (non-hydrogen) atoms. The predicted molar refractivity (Wildman–Crippen MR) is 128 cm³/mol. The molecule has 0 bridgehead atoms. The molecule has 12 heteroatoms. The SMILES string of the molecule is Cc1cc(-c2c(OCCn3cc(C(=O)O)ccc3=O)nc(N)nc2-c2ccc(F)cc2)cc(C(F)F)n1. The largest absolute Gasteiger partial charge is 0.478 e. The van der Waals surface area contributed by atoms with Crippen molar-refractivity contribution in [2.45, 2.75) is 19.9 Å². The van der Waals surface area contributed by atoms with E-state index in [4.69, 9.17) is 10.5 Å². The zero-order valence-corrected chi connectivity index (χ0v) is 19.4. The molecule has 3 heterocycles. The minimum atomic E-state index is -2.85. The van der Waals surface area contributed by atoms with Gasteiger partial charge in [0.1, 0.15) is 18.1 Å². The number of alkyl halides is 2. The second kappa shape index (κ2) is 10.5. The van der Waals surface area contributed by atoms with Crippen molar-refractivity contribution in [2.75, 3.05) is 12.3 Å². The number of hydrogen-bond donors (Lipinski definition) is 2. The standard InChI is InChI=1S/C25H20F3N5O4/c1-13-10-16(11-18(30-13)22(27)28)20-21(14-2-5-17(26)6-3-14)31-25(29)32-23(20)37-9-8-33-12-15(24(35)36)4-7-19(33)34/h2-7,10-12,22H,8-9H2,1H3,(H,35,36)(H2,29,31,32). The Labute approximate surface area is 208 Å². The molecule has 3 N–H and O–H groups in total. The first-order valence-corrected chi connectivity index (χ1v) is 10.9. The molecule has 190 valence electrons. The normalized spacial score (nSPS) is 11.1. The Balaban J connectivity index is 1.79. The number of carboxylic acids is 1. The molecular formula is C25H20F3N5O4. The lowest BCUT2D eigenvalue weighted by Gasteiger charge is -2.17. The summed E-state index contributed by atoms with van der Waals surface area (Å²) in [6, 6.07) is 10.3. The second-order valence-electron chi connectivity index (χ2n) is 7.94. The third-order valence-corrected chi connectivity index (χ3v) is 5.30. The summed E-state index contributed by atoms with van der Waals surface area (Å²) in [5, 5.41) is 9.18. The van der Waals surface area contributed by atoms with Crippen molar-refractivity contribution in [3.63, 3.8) is 0 Å². The second-order valence-corrected chi connectivity index (χ2v) is 7.94. The molecule has 0 aliphatic carbocycles. The van der Waals surface area contributed by atoms with Gasteiger partial charge >= 0.3 is 5.97 Å². The van der Waals surface area contributed by atoms with Gasteiger partial charge in [0.2, 0.25) is 11.8 Å². The monoisotopic (exact) mass is 511 g/mol. The van der Waals surface area contributed by atoms with Crippen LogP contribution in [0.3, 0.4) is 0 Å². The van der Waals surface area contributed by atoms with E-state index >= 15 is 0 Å². The maximum absolute atomic E-state index is 13.6. The van der Waals surface area contributed by atoms with E-state index in [1.807, 2.05) is 0 Å². The smallest absolute Gasteiger partial charge is 0.337 e. The molecule has 9 nitrogen and oxygen atoms in total. The average Bonchev–Trinajstić information content (AvgIpc) is 2.84. The first-order valence-electron chi connectivity index (χ1n) is 10.9. The van der Waals surface area contributed by atoms with Crippen LogP contribution in [0.1, 0.15) is 28.2 Å². The van der Waals surface area contributed by atoms with Crippen LogP contribution in [0.15, 0.2) is 59.5 Å². The highest BCUT2D eigenvalue weighted by Crippen LogP contribution is 2.39. The number of halogens is 3. The van der Waals surface area contributed by atoms with Crippen LogP contribution in [0.25, 0.3) is 22.4 Å². The molecule has 4 rings (SSSR count). The van der Waals surface area contributed by atoms with Gasteiger partial charge in [-0.15, -0.1) is 0 Å². The van der Waals surface area contributed by atoms with Crippen LogP contribution in [0.4, 0.5) is 19.1 Å². The van der Waals surface area contributed by atoms with E-state index in [9.17, 15) is 27.9 Å². The summed E-state index contributed by atoms with van der Waals surface area (Å²) < 4.78 is 47.6. The summed E-state index contributed by atoms with van der Waals surface area (Å²) in [7, 11) is 0. The van der Waals surface area contributed by atoms with Crippen LogP contribution in [-0.2, 0) is 6.54 Å². The molecule has 0 aliphatic heterocycles. The van der Waals surface area contributed by atoms with E-state index in [0.29, 0.717) is 11.3 Å². The minimum Gasteiger partial charge on any atom is -0.478 e. The number of ether oxygens (including phenoxy) is 1. The number of anilines is 1. The Morgan fingerprint density at radius 3 is 2.49 bits per heavy atom. The zero-order valence-electron chi connectivity index (χ0n) is 19.4. The van der Waals surface area contributed by atoms with Gasteiger partial charge in [-0.1, -0.05) is 0 Å². The van der Waals surface area contributed by atoms with Gasteiger partial charge in [0.05, 0.1) is 23.4 Å². The third-order valence-electron chi connectivity index (χ3n) is 5.30. The lowest BCUT2D eigenvalue weighted by Crippen LogP contribution is -2.23. The molecule has 4 aromatic rings. The van der Waals surface area contributed by atoms with Crippen LogP contribution in [0.5, 0.6) is 5.88 Å². The molecule has 0 amide bonds. The maximum atomic E-state index is 13.6. The number of aryl methyl sites for hydroxylation is 1. The molecule has 3 aromatic heterocycles. The molecule has 0 aliphatic rings. The number of aromatic nitrogens is 4. The first kappa shape index (κ1) is 25.4. The third kappa shape index (κ3) is 5.74. The van der Waals surface area contributed by atoms with Crippen LogP contribution < -0.4 is 16.0 Å². The Kier molecular flexibility index (Phi) is 7.18. The molecule has 0 spiro atoms. The van der Waals surface area contributed by atoms with Crippen molar-refractivity contribution in [1.82, 2.24) is 19.5 Å². The van der Waals surface area contributed by atoms with Crippen molar-refractivity contribution < 1.29 is 27.8 Å². The Bertz CT molecular complexity index is 1520. The van der Waals surface area contributed by atoms with Gasteiger partial charge in [0.25, 0.3) is 12.0 Å². The quantitative estimate of drug-likeness (QED) is 0.361. The van der Waals surface area contributed by atoms with Crippen molar-refractivity contribution >= 4 is 11.9 Å². The lowest BCUT2D eigenvalue weighted by atomic mass is 9.99. The van der Waals surface area contributed by atoms with Crippen LogP contribution >= 0.6 is 0 Å². The predicted octanol–water partition coefficient (Wildman–Crippen LogP) is 4.11. The lowest BCUT2D eigenvalue weighted by molar-refractivity contribution is 0.0695. The Morgan fingerprint density at radius 2 is 1.81 bits per heavy atom. The van der Waals surface area contributed by atoms with Gasteiger partial charge in [-0.05, 0) is 55.0 Å². The van der Waals surface area contributed by atoms with Gasteiger partial charge in [-0.2, -0.15) is 4.98 Å². The summed E-state index contributed by atoms with van der Waals surface area (Å²) in [4.78, 5) is 35.6. The fraction of sp³-hybridized carbons (Fsp3) is 0.160. The minimum absolute atomic E-state index is 0.0488. The van der Waals surface area contributed by atoms with E-state index < -0.39 is 29.5 Å². The highest BCUT2D eigenvalue weighted by Gasteiger charge is 2.21. The van der Waals surface area contributed by atoms with Gasteiger partial charge in [0.15, 0.2) is 0 Å². The molecule has 0 fully saturated rings. The topological polar surface area (TPSA) is 133 Å². The first-order chi connectivity index (χ1) is 17.6. The average molecular weight is 511 g/mol. The van der Waals surface area contributed by atoms with Crippen molar-refractivity contribution in [1.29, 1.82) is 0 Å². The molecule has 1 aromatic carbocycles. The molecular weight excluding hydrogens is 491 g/mol. The van der Waals surface area contributed by atoms with E-state index in [2.05, 4.69) is 15.0 Å². The van der Waals surface area contributed by atoms with E-state index in [-0.39, 0.29) is 47.4 Å². The number of nitrogens with two attached hydrogens (primary N) is 1. The van der Waals surface area contributed by atoms with Gasteiger partial charge in [-0.25, -0.2) is 22.9 Å². The van der Waals surface area contributed by atoms with Crippen molar-refractivity contribution in [3.8, 4) is 28.3 Å². The van der Waals surface area contributed by atoms with Gasteiger partial charge in [0, 0.05) is 23.5 Å². The Morgan fingerprint density at radius 1 is 1.08 bits per heavy atom. The summed E-state index contributed by atoms with van der Waals surface area (Å²) >= 11 is 0. The van der Waals surface area contributed by atoms with Crippen LogP contribution in [0, 0.1) is 12.7 Å². The summed E-state index contributed by atoms with van der Waals surface area (Å²) in [5.74, 6) is -1.95. The van der Waals surface area contributed by atoms with Crippen LogP contribution in [0.2, 0.25) is 0 Å². The fourth-order valence-electron chi connectivity index (χ4n) is 3.66. The Hall–Kier alpha value is -4.74. The number of rotatable bonds is 8. The van der Waals surface area contributed by atoms with E-state index in [0.717, 1.165) is 10.6 Å². The number of carbonyl (C=O) groups is 1. The number of nitrogens with zero attached hydrogens (tertiary/aromatic N) is 4. The molecule has 0 saturated carbocycles. The highest BCUT2D eigenvalue weighted by molar-refractivity contribution is 5.87. The summed E-state index contributed by atoms with van der Waals surface area (Å²) in [6.45, 7) is 1.35. The fourth-order valence-corrected chi connectivity index (χ4v) is 3.66. The number of carboxylic acid groups (broad SMARTS) is 1. The molecule has 0 radical (unpaired) electrons. The van der Waals surface area contributed by atoms with Gasteiger partial charge < -0.3 is 20.1 Å². The van der Waals surface area contributed by atoms with E-state index in [1.54, 1.807) is 13.0 Å². The molecule has 0 unspecified atom stereocenters. The maximum Gasteiger partial charge on any atom is 0.337 e. The number of hydrogen-bond acceptors (Lipinski definition) is 7. The van der Waals surface area contributed by atoms with Crippen LogP contribution in [-0.4, -0.2) is 37.2 Å². The number of aromatic carboxylic acids is 1.